The van der Waals surface area contributed by atoms with Crippen molar-refractivity contribution in [3.63, 3.8) is 0 Å². The molecule has 0 heterocycles. The third-order valence-electron chi connectivity index (χ3n) is 1.95. The Hall–Kier alpha value is -0.970. The highest BCUT2D eigenvalue weighted by Crippen LogP contribution is 2.40. The molecule has 0 radical (unpaired) electrons. The summed E-state index contributed by atoms with van der Waals surface area (Å²) in [6.07, 6.45) is -4.69. The molecule has 1 rings (SSSR count). The summed E-state index contributed by atoms with van der Waals surface area (Å²) in [4.78, 5) is 0. The molecule has 1 atom stereocenters. The molecule has 0 aliphatic heterocycles. The van der Waals surface area contributed by atoms with Crippen LogP contribution in [-0.4, -0.2) is 11.3 Å². The van der Waals surface area contributed by atoms with Crippen molar-refractivity contribution in [3.05, 3.63) is 27.7 Å². The highest BCUT2D eigenvalue weighted by atomic mass is 79.9. The second-order valence-corrected chi connectivity index (χ2v) is 3.84. The molecule has 0 spiro atoms. The summed E-state index contributed by atoms with van der Waals surface area (Å²) in [5, 5.41) is 18.0. The van der Waals surface area contributed by atoms with E-state index in [1.165, 1.54) is 12.1 Å². The smallest absolute Gasteiger partial charge is 0.407 e. The van der Waals surface area contributed by atoms with E-state index in [1.54, 1.807) is 6.07 Å². The van der Waals surface area contributed by atoms with Crippen LogP contribution in [0.25, 0.3) is 0 Å². The maximum atomic E-state index is 12.4. The van der Waals surface area contributed by atoms with E-state index in [2.05, 4.69) is 15.9 Å². The number of hydrogen-bond donors (Lipinski definition) is 2. The van der Waals surface area contributed by atoms with Gasteiger partial charge in [0.2, 0.25) is 0 Å². The summed E-state index contributed by atoms with van der Waals surface area (Å²) in [6, 6.07) is 1.67. The first kappa shape index (κ1) is 16.0. The Labute approximate surface area is 110 Å². The van der Waals surface area contributed by atoms with Gasteiger partial charge in [0.15, 0.2) is 0 Å². The zero-order valence-electron chi connectivity index (χ0n) is 8.12. The van der Waals surface area contributed by atoms with Crippen LogP contribution < -0.4 is 5.73 Å². The molecular weight excluding hydrogens is 324 g/mol. The zero-order chi connectivity index (χ0) is 12.5. The Bertz CT molecular complexity index is 459. The van der Waals surface area contributed by atoms with Crippen molar-refractivity contribution in [1.29, 1.82) is 5.26 Å². The Morgan fingerprint density at radius 2 is 1.94 bits per heavy atom. The van der Waals surface area contributed by atoms with E-state index in [1.807, 2.05) is 0 Å². The van der Waals surface area contributed by atoms with Crippen LogP contribution in [0.3, 0.4) is 0 Å². The van der Waals surface area contributed by atoms with E-state index >= 15 is 0 Å². The first-order valence-corrected chi connectivity index (χ1v) is 4.82. The minimum Gasteiger partial charge on any atom is -0.506 e. The lowest BCUT2D eigenvalue weighted by Gasteiger charge is -2.18. The van der Waals surface area contributed by atoms with Crippen LogP contribution in [0.15, 0.2) is 16.6 Å². The van der Waals surface area contributed by atoms with E-state index < -0.39 is 23.5 Å². The first-order valence-electron chi connectivity index (χ1n) is 4.02. The van der Waals surface area contributed by atoms with Gasteiger partial charge in [-0.15, -0.1) is 12.4 Å². The van der Waals surface area contributed by atoms with Crippen molar-refractivity contribution >= 4 is 28.3 Å². The summed E-state index contributed by atoms with van der Waals surface area (Å²) in [7, 11) is 0. The van der Waals surface area contributed by atoms with Gasteiger partial charge in [-0.25, -0.2) is 0 Å². The number of aromatic hydroxyl groups is 1. The van der Waals surface area contributed by atoms with Crippen LogP contribution in [0.1, 0.15) is 17.2 Å². The number of phenols is 1. The van der Waals surface area contributed by atoms with E-state index in [4.69, 9.17) is 11.0 Å². The molecule has 8 heteroatoms. The molecule has 0 aliphatic rings. The van der Waals surface area contributed by atoms with Crippen LogP contribution >= 0.6 is 28.3 Å². The number of benzene rings is 1. The molecule has 0 saturated heterocycles. The first-order chi connectivity index (χ1) is 7.29. The maximum absolute atomic E-state index is 12.4. The topological polar surface area (TPSA) is 70.0 Å². The van der Waals surface area contributed by atoms with Gasteiger partial charge in [-0.2, -0.15) is 18.4 Å². The lowest BCUT2D eigenvalue weighted by atomic mass is 10.0. The van der Waals surface area contributed by atoms with Gasteiger partial charge in [-0.05, 0) is 12.1 Å². The lowest BCUT2D eigenvalue weighted by Crippen LogP contribution is -2.29. The quantitative estimate of drug-likeness (QED) is 0.831. The number of halogens is 5. The summed E-state index contributed by atoms with van der Waals surface area (Å²) in [5.74, 6) is -0.748. The van der Waals surface area contributed by atoms with Crippen LogP contribution in [-0.2, 0) is 0 Å². The molecule has 3 nitrogen and oxygen atoms in total. The van der Waals surface area contributed by atoms with Crippen molar-refractivity contribution < 1.29 is 18.3 Å². The normalized spacial score (nSPS) is 12.5. The molecule has 0 bridgehead atoms. The number of rotatable bonds is 1. The summed E-state index contributed by atoms with van der Waals surface area (Å²) in [5.41, 5.74) is 4.19. The van der Waals surface area contributed by atoms with Crippen LogP contribution in [0, 0.1) is 11.3 Å². The second kappa shape index (κ2) is 5.58. The van der Waals surface area contributed by atoms with Gasteiger partial charge in [-0.1, -0.05) is 15.9 Å². The fourth-order valence-electron chi connectivity index (χ4n) is 1.13. The summed E-state index contributed by atoms with van der Waals surface area (Å²) < 4.78 is 37.2. The standard InChI is InChI=1S/C9H6BrF3N2O.ClH/c10-5-2-1-4(3-14)7(16)6(5)8(15)9(11,12)13;/h1-2,8,16H,15H2;1H/t8-;/m1./s1. The van der Waals surface area contributed by atoms with Crippen molar-refractivity contribution in [2.75, 3.05) is 0 Å². The van der Waals surface area contributed by atoms with Gasteiger partial charge >= 0.3 is 6.18 Å². The molecular formula is C9H7BrClF3N2O. The number of alkyl halides is 3. The largest absolute Gasteiger partial charge is 0.506 e. The number of nitriles is 1. The van der Waals surface area contributed by atoms with E-state index in [-0.39, 0.29) is 22.4 Å². The monoisotopic (exact) mass is 330 g/mol. The minimum atomic E-state index is -4.69. The van der Waals surface area contributed by atoms with Crippen molar-refractivity contribution in [2.24, 2.45) is 5.73 Å². The Morgan fingerprint density at radius 3 is 2.35 bits per heavy atom. The lowest BCUT2D eigenvalue weighted by molar-refractivity contribution is -0.149. The molecule has 0 aliphatic carbocycles. The molecule has 0 fully saturated rings. The number of nitrogens with two attached hydrogens (primary N) is 1. The highest BCUT2D eigenvalue weighted by Gasteiger charge is 2.40. The molecule has 0 aromatic heterocycles. The predicted octanol–water partition coefficient (Wildman–Crippen LogP) is 3.01. The van der Waals surface area contributed by atoms with Crippen LogP contribution in [0.5, 0.6) is 5.75 Å². The highest BCUT2D eigenvalue weighted by molar-refractivity contribution is 9.10. The summed E-state index contributed by atoms with van der Waals surface area (Å²) >= 11 is 2.85. The molecule has 1 aromatic rings. The molecule has 0 unspecified atom stereocenters. The van der Waals surface area contributed by atoms with Crippen molar-refractivity contribution in [1.82, 2.24) is 0 Å². The van der Waals surface area contributed by atoms with Gasteiger partial charge in [0.1, 0.15) is 17.9 Å². The number of nitrogens with zero attached hydrogens (tertiary/aromatic N) is 1. The van der Waals surface area contributed by atoms with E-state index in [9.17, 15) is 18.3 Å². The fraction of sp³-hybridized carbons (Fsp3) is 0.222. The SMILES string of the molecule is Cl.N#Cc1ccc(Br)c([C@@H](N)C(F)(F)F)c1O. The number of phenolic OH excluding ortho intramolecular Hbond substituents is 1. The molecule has 94 valence electrons. The Kier molecular flexibility index (Phi) is 5.26. The summed E-state index contributed by atoms with van der Waals surface area (Å²) in [6.45, 7) is 0. The maximum Gasteiger partial charge on any atom is 0.407 e. The van der Waals surface area contributed by atoms with Crippen molar-refractivity contribution in [3.8, 4) is 11.8 Å². The average molecular weight is 332 g/mol. The van der Waals surface area contributed by atoms with Crippen LogP contribution in [0.4, 0.5) is 13.2 Å². The Balaban J connectivity index is 0.00000256. The van der Waals surface area contributed by atoms with Gasteiger partial charge in [0.25, 0.3) is 0 Å². The van der Waals surface area contributed by atoms with Crippen molar-refractivity contribution in [2.45, 2.75) is 12.2 Å². The second-order valence-electron chi connectivity index (χ2n) is 2.99. The van der Waals surface area contributed by atoms with E-state index in [0.717, 1.165) is 0 Å². The third-order valence-corrected chi connectivity index (χ3v) is 2.64. The molecule has 3 N–H and O–H groups in total. The average Bonchev–Trinajstić information content (AvgIpc) is 2.16. The molecule has 0 amide bonds. The van der Waals surface area contributed by atoms with Crippen LogP contribution in [0.2, 0.25) is 0 Å². The predicted molar refractivity (Wildman–Crippen MR) is 60.8 cm³/mol. The van der Waals surface area contributed by atoms with Gasteiger partial charge in [-0.3, -0.25) is 0 Å². The zero-order valence-corrected chi connectivity index (χ0v) is 10.5. The fourth-order valence-corrected chi connectivity index (χ4v) is 1.70. The third kappa shape index (κ3) is 3.25. The number of hydrogen-bond acceptors (Lipinski definition) is 3. The van der Waals surface area contributed by atoms with Gasteiger partial charge in [0, 0.05) is 10.0 Å². The van der Waals surface area contributed by atoms with Gasteiger partial charge < -0.3 is 10.8 Å². The molecule has 1 aromatic carbocycles. The van der Waals surface area contributed by atoms with Gasteiger partial charge in [0.05, 0.1) is 5.56 Å². The minimum absolute atomic E-state index is 0. The molecule has 17 heavy (non-hydrogen) atoms. The molecule has 0 saturated carbocycles. The van der Waals surface area contributed by atoms with E-state index in [0.29, 0.717) is 0 Å². The Morgan fingerprint density at radius 1 is 1.41 bits per heavy atom.